The molecule has 0 saturated heterocycles. The summed E-state index contributed by atoms with van der Waals surface area (Å²) in [6.45, 7) is 2.53. The summed E-state index contributed by atoms with van der Waals surface area (Å²) in [7, 11) is 0. The molecule has 9 heteroatoms. The van der Waals surface area contributed by atoms with E-state index in [0.717, 1.165) is 24.9 Å². The summed E-state index contributed by atoms with van der Waals surface area (Å²) in [4.78, 5) is 12.1. The third-order valence-corrected chi connectivity index (χ3v) is 5.87. The van der Waals surface area contributed by atoms with Gasteiger partial charge >= 0.3 is 0 Å². The SMILES string of the molecule is Cc1cc(I)ccc1NC(=O)CSc1nnc(NCc2ccco2)s1. The number of nitrogens with one attached hydrogen (secondary N) is 2. The van der Waals surface area contributed by atoms with Gasteiger partial charge in [0, 0.05) is 9.26 Å². The van der Waals surface area contributed by atoms with Crippen molar-refractivity contribution >= 4 is 62.4 Å². The minimum atomic E-state index is -0.0606. The number of halogens is 1. The van der Waals surface area contributed by atoms with Crippen molar-refractivity contribution in [3.8, 4) is 0 Å². The number of hydrogen-bond donors (Lipinski definition) is 2. The van der Waals surface area contributed by atoms with Crippen LogP contribution < -0.4 is 10.6 Å². The lowest BCUT2D eigenvalue weighted by Crippen LogP contribution is -2.14. The molecule has 0 atom stereocenters. The van der Waals surface area contributed by atoms with E-state index in [9.17, 15) is 4.79 Å². The highest BCUT2D eigenvalue weighted by molar-refractivity contribution is 14.1. The van der Waals surface area contributed by atoms with Crippen LogP contribution in [0.4, 0.5) is 10.8 Å². The molecule has 0 bridgehead atoms. The molecule has 0 aliphatic rings. The third-order valence-electron chi connectivity index (χ3n) is 3.19. The first-order valence-corrected chi connectivity index (χ1v) is 10.3. The number of aromatic nitrogens is 2. The summed E-state index contributed by atoms with van der Waals surface area (Å²) in [5.41, 5.74) is 1.88. The quantitative estimate of drug-likeness (QED) is 0.381. The van der Waals surface area contributed by atoms with Crippen LogP contribution in [0, 0.1) is 10.5 Å². The average Bonchev–Trinajstić information content (AvgIpc) is 3.25. The number of aryl methyl sites for hydroxylation is 1. The molecule has 0 saturated carbocycles. The Bertz CT molecular complexity index is 852. The van der Waals surface area contributed by atoms with Gasteiger partial charge in [0.05, 0.1) is 18.6 Å². The summed E-state index contributed by atoms with van der Waals surface area (Å²) < 4.78 is 7.14. The molecular weight excluding hydrogens is 471 g/mol. The maximum Gasteiger partial charge on any atom is 0.234 e. The van der Waals surface area contributed by atoms with Crippen LogP contribution in [0.25, 0.3) is 0 Å². The first-order valence-electron chi connectivity index (χ1n) is 7.39. The number of carbonyl (C=O) groups excluding carboxylic acids is 1. The molecule has 0 unspecified atom stereocenters. The summed E-state index contributed by atoms with van der Waals surface area (Å²) in [6.07, 6.45) is 1.63. The van der Waals surface area contributed by atoms with Crippen LogP contribution in [0.3, 0.4) is 0 Å². The molecule has 0 aliphatic carbocycles. The zero-order valence-electron chi connectivity index (χ0n) is 13.3. The second-order valence-corrected chi connectivity index (χ2v) is 8.55. The summed E-state index contributed by atoms with van der Waals surface area (Å²) >= 11 is 5.03. The number of benzene rings is 1. The van der Waals surface area contributed by atoms with E-state index >= 15 is 0 Å². The smallest absolute Gasteiger partial charge is 0.234 e. The Hall–Kier alpha value is -1.59. The van der Waals surface area contributed by atoms with Crippen molar-refractivity contribution in [2.24, 2.45) is 0 Å². The number of hydrogen-bond acceptors (Lipinski definition) is 7. The van der Waals surface area contributed by atoms with Crippen LogP contribution >= 0.6 is 45.7 Å². The minimum Gasteiger partial charge on any atom is -0.467 e. The van der Waals surface area contributed by atoms with Gasteiger partial charge in [0.1, 0.15) is 5.76 Å². The maximum absolute atomic E-state index is 12.1. The average molecular weight is 486 g/mol. The minimum absolute atomic E-state index is 0.0606. The first-order chi connectivity index (χ1) is 12.1. The van der Waals surface area contributed by atoms with Gasteiger partial charge < -0.3 is 15.1 Å². The molecule has 0 radical (unpaired) electrons. The van der Waals surface area contributed by atoms with Crippen molar-refractivity contribution in [1.29, 1.82) is 0 Å². The lowest BCUT2D eigenvalue weighted by Gasteiger charge is -2.07. The highest BCUT2D eigenvalue weighted by Crippen LogP contribution is 2.26. The molecule has 2 heterocycles. The molecule has 0 aliphatic heterocycles. The van der Waals surface area contributed by atoms with Gasteiger partial charge in [-0.15, -0.1) is 10.2 Å². The van der Waals surface area contributed by atoms with Gasteiger partial charge in [0.25, 0.3) is 0 Å². The second-order valence-electron chi connectivity index (χ2n) is 5.10. The Morgan fingerprint density at radius 2 is 2.24 bits per heavy atom. The largest absolute Gasteiger partial charge is 0.467 e. The lowest BCUT2D eigenvalue weighted by molar-refractivity contribution is -0.113. The molecular formula is C16H15IN4O2S2. The second kappa shape index (κ2) is 8.68. The van der Waals surface area contributed by atoms with Crippen LogP contribution in [-0.2, 0) is 11.3 Å². The summed E-state index contributed by atoms with van der Waals surface area (Å²) in [5.74, 6) is 1.06. The van der Waals surface area contributed by atoms with Gasteiger partial charge in [-0.1, -0.05) is 23.1 Å². The van der Waals surface area contributed by atoms with Gasteiger partial charge in [0.15, 0.2) is 4.34 Å². The van der Waals surface area contributed by atoms with E-state index in [0.29, 0.717) is 11.7 Å². The molecule has 1 amide bonds. The van der Waals surface area contributed by atoms with E-state index < -0.39 is 0 Å². The molecule has 1 aromatic carbocycles. The molecule has 130 valence electrons. The fraction of sp³-hybridized carbons (Fsp3) is 0.188. The van der Waals surface area contributed by atoms with Gasteiger partial charge in [-0.3, -0.25) is 4.79 Å². The van der Waals surface area contributed by atoms with Gasteiger partial charge in [0.2, 0.25) is 11.0 Å². The van der Waals surface area contributed by atoms with E-state index in [1.165, 1.54) is 23.1 Å². The first kappa shape index (κ1) is 18.2. The molecule has 3 aromatic rings. The van der Waals surface area contributed by atoms with Crippen molar-refractivity contribution in [1.82, 2.24) is 10.2 Å². The molecule has 0 fully saturated rings. The van der Waals surface area contributed by atoms with Crippen LogP contribution in [0.2, 0.25) is 0 Å². The molecule has 3 rings (SSSR count). The number of rotatable bonds is 7. The van der Waals surface area contributed by atoms with E-state index in [1.807, 2.05) is 37.3 Å². The monoisotopic (exact) mass is 486 g/mol. The summed E-state index contributed by atoms with van der Waals surface area (Å²) in [5, 5.41) is 14.9. The predicted octanol–water partition coefficient (Wildman–Crippen LogP) is 4.39. The third kappa shape index (κ3) is 5.44. The highest BCUT2D eigenvalue weighted by Gasteiger charge is 2.10. The van der Waals surface area contributed by atoms with Crippen molar-refractivity contribution in [3.63, 3.8) is 0 Å². The Kier molecular flexibility index (Phi) is 6.32. The fourth-order valence-corrected chi connectivity index (χ4v) is 4.19. The number of furan rings is 1. The Balaban J connectivity index is 1.47. The van der Waals surface area contributed by atoms with E-state index in [-0.39, 0.29) is 11.7 Å². The van der Waals surface area contributed by atoms with Gasteiger partial charge in [-0.2, -0.15) is 0 Å². The predicted molar refractivity (Wildman–Crippen MR) is 109 cm³/mol. The normalized spacial score (nSPS) is 10.6. The topological polar surface area (TPSA) is 80.0 Å². The van der Waals surface area contributed by atoms with Crippen molar-refractivity contribution in [3.05, 3.63) is 51.5 Å². The Morgan fingerprint density at radius 1 is 1.36 bits per heavy atom. The van der Waals surface area contributed by atoms with Gasteiger partial charge in [-0.25, -0.2) is 0 Å². The van der Waals surface area contributed by atoms with Crippen LogP contribution in [0.5, 0.6) is 0 Å². The van der Waals surface area contributed by atoms with E-state index in [4.69, 9.17) is 4.42 Å². The number of carbonyl (C=O) groups is 1. The van der Waals surface area contributed by atoms with Crippen molar-refractivity contribution < 1.29 is 9.21 Å². The number of nitrogens with zero attached hydrogens (tertiary/aromatic N) is 2. The number of thioether (sulfide) groups is 1. The van der Waals surface area contributed by atoms with E-state index in [1.54, 1.807) is 6.26 Å². The molecule has 2 aromatic heterocycles. The zero-order chi connectivity index (χ0) is 17.6. The maximum atomic E-state index is 12.1. The Morgan fingerprint density at radius 3 is 3.00 bits per heavy atom. The summed E-state index contributed by atoms with van der Waals surface area (Å²) in [6, 6.07) is 9.65. The van der Waals surface area contributed by atoms with Crippen molar-refractivity contribution in [2.45, 2.75) is 17.8 Å². The van der Waals surface area contributed by atoms with Crippen LogP contribution in [-0.4, -0.2) is 21.9 Å². The van der Waals surface area contributed by atoms with Crippen LogP contribution in [0.1, 0.15) is 11.3 Å². The molecule has 2 N–H and O–H groups in total. The Labute approximate surface area is 166 Å². The van der Waals surface area contributed by atoms with Crippen LogP contribution in [0.15, 0.2) is 45.4 Å². The molecule has 25 heavy (non-hydrogen) atoms. The molecule has 6 nitrogen and oxygen atoms in total. The lowest BCUT2D eigenvalue weighted by atomic mass is 10.2. The zero-order valence-corrected chi connectivity index (χ0v) is 17.1. The standard InChI is InChI=1S/C16H15IN4O2S2/c1-10-7-11(17)4-5-13(10)19-14(22)9-24-16-21-20-15(25-16)18-8-12-3-2-6-23-12/h2-7H,8-9H2,1H3,(H,18,20)(H,19,22). The van der Waals surface area contributed by atoms with Crippen molar-refractivity contribution in [2.75, 3.05) is 16.4 Å². The van der Waals surface area contributed by atoms with Gasteiger partial charge in [-0.05, 0) is 65.4 Å². The molecule has 0 spiro atoms. The highest BCUT2D eigenvalue weighted by atomic mass is 127. The number of amides is 1. The number of anilines is 2. The van der Waals surface area contributed by atoms with E-state index in [2.05, 4.69) is 43.4 Å². The fourth-order valence-electron chi connectivity index (χ4n) is 2.00.